The number of non-ortho nitro benzene ring substituents is 1. The largest absolute Gasteiger partial charge is 0.322 e. The Morgan fingerprint density at radius 1 is 1.20 bits per heavy atom. The highest BCUT2D eigenvalue weighted by Crippen LogP contribution is 2.25. The number of anilines is 1. The molecule has 0 aliphatic rings. The van der Waals surface area contributed by atoms with Crippen LogP contribution >= 0.6 is 0 Å². The number of hydrogen-bond acceptors (Lipinski definition) is 5. The molecule has 3 aromatic rings. The van der Waals surface area contributed by atoms with Gasteiger partial charge in [0.1, 0.15) is 0 Å². The molecule has 156 valence electrons. The lowest BCUT2D eigenvalue weighted by Crippen LogP contribution is -2.32. The van der Waals surface area contributed by atoms with E-state index in [0.717, 1.165) is 22.6 Å². The number of aromatic nitrogens is 2. The van der Waals surface area contributed by atoms with Gasteiger partial charge in [-0.1, -0.05) is 30.3 Å². The number of amides is 1. The number of likely N-dealkylation sites (N-methyl/N-ethyl adjacent to an activating group) is 1. The summed E-state index contributed by atoms with van der Waals surface area (Å²) in [6.45, 7) is 5.82. The van der Waals surface area contributed by atoms with Crippen LogP contribution < -0.4 is 5.32 Å². The fourth-order valence-corrected chi connectivity index (χ4v) is 3.34. The number of hydrogen-bond donors (Lipinski definition) is 1. The fraction of sp³-hybridized carbons (Fsp3) is 0.273. The third kappa shape index (κ3) is 4.55. The van der Waals surface area contributed by atoms with Crippen molar-refractivity contribution < 1.29 is 9.72 Å². The number of para-hydroxylation sites is 1. The van der Waals surface area contributed by atoms with Crippen molar-refractivity contribution >= 4 is 17.3 Å². The SMILES string of the molecule is Cc1nn(-c2ccccc2)c(C)c1NC(=O)CN(C)C(C)c1cccc([N+](=O)[O-])c1. The maximum atomic E-state index is 12.7. The Bertz CT molecular complexity index is 1060. The van der Waals surface area contributed by atoms with Gasteiger partial charge in [-0.15, -0.1) is 0 Å². The number of nitro groups is 1. The summed E-state index contributed by atoms with van der Waals surface area (Å²) in [6, 6.07) is 16.0. The van der Waals surface area contributed by atoms with E-state index >= 15 is 0 Å². The highest BCUT2D eigenvalue weighted by atomic mass is 16.6. The van der Waals surface area contributed by atoms with Gasteiger partial charge in [-0.05, 0) is 45.5 Å². The Hall–Kier alpha value is -3.52. The number of nitro benzene ring substituents is 1. The first-order chi connectivity index (χ1) is 14.3. The smallest absolute Gasteiger partial charge is 0.269 e. The van der Waals surface area contributed by atoms with Crippen molar-refractivity contribution in [2.24, 2.45) is 0 Å². The van der Waals surface area contributed by atoms with Crippen molar-refractivity contribution in [2.75, 3.05) is 18.9 Å². The Kier molecular flexibility index (Phi) is 6.27. The van der Waals surface area contributed by atoms with Crippen LogP contribution in [-0.2, 0) is 4.79 Å². The summed E-state index contributed by atoms with van der Waals surface area (Å²) in [5, 5.41) is 18.5. The maximum absolute atomic E-state index is 12.7. The van der Waals surface area contributed by atoms with Crippen LogP contribution in [0.1, 0.15) is 29.9 Å². The zero-order valence-electron chi connectivity index (χ0n) is 17.5. The van der Waals surface area contributed by atoms with Gasteiger partial charge in [0, 0.05) is 18.2 Å². The minimum atomic E-state index is -0.418. The summed E-state index contributed by atoms with van der Waals surface area (Å²) in [5.74, 6) is -0.173. The molecule has 0 saturated heterocycles. The zero-order chi connectivity index (χ0) is 21.8. The molecule has 1 atom stereocenters. The monoisotopic (exact) mass is 407 g/mol. The van der Waals surface area contributed by atoms with Crippen molar-refractivity contribution in [3.05, 3.63) is 81.7 Å². The van der Waals surface area contributed by atoms with E-state index in [4.69, 9.17) is 0 Å². The number of nitrogens with one attached hydrogen (secondary N) is 1. The van der Waals surface area contributed by atoms with E-state index in [0.29, 0.717) is 5.69 Å². The van der Waals surface area contributed by atoms with Crippen molar-refractivity contribution in [1.82, 2.24) is 14.7 Å². The molecule has 0 radical (unpaired) electrons. The molecule has 1 unspecified atom stereocenters. The van der Waals surface area contributed by atoms with Gasteiger partial charge in [0.15, 0.2) is 0 Å². The van der Waals surface area contributed by atoms with E-state index in [1.165, 1.54) is 12.1 Å². The van der Waals surface area contributed by atoms with Gasteiger partial charge in [-0.25, -0.2) is 4.68 Å². The van der Waals surface area contributed by atoms with Crippen molar-refractivity contribution in [2.45, 2.75) is 26.8 Å². The fourth-order valence-electron chi connectivity index (χ4n) is 3.34. The highest BCUT2D eigenvalue weighted by Gasteiger charge is 2.20. The topological polar surface area (TPSA) is 93.3 Å². The zero-order valence-corrected chi connectivity index (χ0v) is 17.5. The van der Waals surface area contributed by atoms with Gasteiger partial charge in [0.05, 0.1) is 34.2 Å². The van der Waals surface area contributed by atoms with Gasteiger partial charge in [-0.2, -0.15) is 5.10 Å². The van der Waals surface area contributed by atoms with Crippen LogP contribution in [0.5, 0.6) is 0 Å². The second kappa shape index (κ2) is 8.87. The van der Waals surface area contributed by atoms with Crippen LogP contribution in [-0.4, -0.2) is 39.1 Å². The van der Waals surface area contributed by atoms with E-state index in [9.17, 15) is 14.9 Å². The molecular formula is C22H25N5O3. The van der Waals surface area contributed by atoms with Crippen molar-refractivity contribution in [1.29, 1.82) is 0 Å². The van der Waals surface area contributed by atoms with Gasteiger partial charge >= 0.3 is 0 Å². The first-order valence-corrected chi connectivity index (χ1v) is 9.64. The summed E-state index contributed by atoms with van der Waals surface area (Å²) >= 11 is 0. The summed E-state index contributed by atoms with van der Waals surface area (Å²) < 4.78 is 1.81. The summed E-state index contributed by atoms with van der Waals surface area (Å²) in [6.07, 6.45) is 0. The molecule has 0 spiro atoms. The molecule has 0 saturated carbocycles. The predicted molar refractivity (Wildman–Crippen MR) is 116 cm³/mol. The summed E-state index contributed by atoms with van der Waals surface area (Å²) in [4.78, 5) is 25.1. The molecular weight excluding hydrogens is 382 g/mol. The van der Waals surface area contributed by atoms with Crippen LogP contribution in [0.25, 0.3) is 5.69 Å². The summed E-state index contributed by atoms with van der Waals surface area (Å²) in [7, 11) is 1.82. The van der Waals surface area contributed by atoms with E-state index in [1.54, 1.807) is 10.7 Å². The maximum Gasteiger partial charge on any atom is 0.269 e. The average Bonchev–Trinajstić information content (AvgIpc) is 3.02. The molecule has 0 fully saturated rings. The van der Waals surface area contributed by atoms with E-state index < -0.39 is 4.92 Å². The minimum absolute atomic E-state index is 0.0387. The summed E-state index contributed by atoms with van der Waals surface area (Å²) in [5.41, 5.74) is 4.02. The van der Waals surface area contributed by atoms with Crippen LogP contribution in [0.2, 0.25) is 0 Å². The third-order valence-electron chi connectivity index (χ3n) is 5.17. The number of carbonyl (C=O) groups is 1. The first-order valence-electron chi connectivity index (χ1n) is 9.64. The number of nitrogens with zero attached hydrogens (tertiary/aromatic N) is 4. The van der Waals surface area contributed by atoms with Gasteiger partial charge in [0.2, 0.25) is 5.91 Å². The molecule has 1 amide bonds. The lowest BCUT2D eigenvalue weighted by atomic mass is 10.1. The number of benzene rings is 2. The molecule has 0 aliphatic carbocycles. The van der Waals surface area contributed by atoms with Crippen molar-refractivity contribution in [3.63, 3.8) is 0 Å². The van der Waals surface area contributed by atoms with Gasteiger partial charge in [0.25, 0.3) is 5.69 Å². The Morgan fingerprint density at radius 2 is 1.90 bits per heavy atom. The van der Waals surface area contributed by atoms with E-state index in [1.807, 2.05) is 69.1 Å². The molecule has 3 rings (SSSR count). The molecule has 0 bridgehead atoms. The van der Waals surface area contributed by atoms with Crippen molar-refractivity contribution in [3.8, 4) is 5.69 Å². The molecule has 8 heteroatoms. The molecule has 1 heterocycles. The van der Waals surface area contributed by atoms with E-state index in [-0.39, 0.29) is 24.2 Å². The standard InChI is InChI=1S/C22H25N5O3/c1-15-22(17(3)26(24-15)19-10-6-5-7-11-19)23-21(28)14-25(4)16(2)18-9-8-12-20(13-18)27(29)30/h5-13,16H,14H2,1-4H3,(H,23,28). The second-order valence-electron chi connectivity index (χ2n) is 7.28. The second-order valence-corrected chi connectivity index (χ2v) is 7.28. The normalized spacial score (nSPS) is 12.0. The van der Waals surface area contributed by atoms with Crippen LogP contribution in [0, 0.1) is 24.0 Å². The molecule has 1 aromatic heterocycles. The Balaban J connectivity index is 1.70. The number of aryl methyl sites for hydroxylation is 1. The Labute approximate surface area is 175 Å². The number of rotatable bonds is 7. The number of carbonyl (C=O) groups excluding carboxylic acids is 1. The average molecular weight is 407 g/mol. The molecule has 30 heavy (non-hydrogen) atoms. The molecule has 2 aromatic carbocycles. The van der Waals surface area contributed by atoms with Gasteiger partial charge < -0.3 is 5.32 Å². The van der Waals surface area contributed by atoms with Crippen LogP contribution in [0.15, 0.2) is 54.6 Å². The third-order valence-corrected chi connectivity index (χ3v) is 5.17. The van der Waals surface area contributed by atoms with Crippen LogP contribution in [0.4, 0.5) is 11.4 Å². The molecule has 1 N–H and O–H groups in total. The molecule has 0 aliphatic heterocycles. The van der Waals surface area contributed by atoms with E-state index in [2.05, 4.69) is 10.4 Å². The Morgan fingerprint density at radius 3 is 2.57 bits per heavy atom. The highest BCUT2D eigenvalue weighted by molar-refractivity contribution is 5.93. The minimum Gasteiger partial charge on any atom is -0.322 e. The van der Waals surface area contributed by atoms with Crippen LogP contribution in [0.3, 0.4) is 0 Å². The quantitative estimate of drug-likeness (QED) is 0.471. The lowest BCUT2D eigenvalue weighted by molar-refractivity contribution is -0.384. The first kappa shape index (κ1) is 21.2. The predicted octanol–water partition coefficient (Wildman–Crippen LogP) is 4.03. The molecule has 8 nitrogen and oxygen atoms in total. The lowest BCUT2D eigenvalue weighted by Gasteiger charge is -2.24. The van der Waals surface area contributed by atoms with Gasteiger partial charge in [-0.3, -0.25) is 19.8 Å².